The smallest absolute Gasteiger partial charge is 0.257 e. The summed E-state index contributed by atoms with van der Waals surface area (Å²) < 4.78 is 1.39. The van der Waals surface area contributed by atoms with Gasteiger partial charge >= 0.3 is 0 Å². The summed E-state index contributed by atoms with van der Waals surface area (Å²) in [4.78, 5) is 25.4. The van der Waals surface area contributed by atoms with Crippen molar-refractivity contribution in [2.24, 2.45) is 0 Å². The third kappa shape index (κ3) is 4.49. The van der Waals surface area contributed by atoms with Crippen LogP contribution in [-0.2, 0) is 11.3 Å². The van der Waals surface area contributed by atoms with Crippen molar-refractivity contribution in [2.75, 3.05) is 11.1 Å². The number of aromatic nitrogens is 1. The Morgan fingerprint density at radius 3 is 2.67 bits per heavy atom. The number of pyridine rings is 1. The van der Waals surface area contributed by atoms with Crippen molar-refractivity contribution in [1.82, 2.24) is 4.57 Å². The molecule has 0 unspecified atom stereocenters. The molecule has 1 heterocycles. The van der Waals surface area contributed by atoms with Crippen molar-refractivity contribution < 1.29 is 9.90 Å². The van der Waals surface area contributed by atoms with Crippen molar-refractivity contribution in [2.45, 2.75) is 37.8 Å². The Hall–Kier alpha value is -2.05. The van der Waals surface area contributed by atoms with Gasteiger partial charge in [0.15, 0.2) is 5.60 Å². The van der Waals surface area contributed by atoms with Crippen LogP contribution in [0.1, 0.15) is 19.5 Å². The molecule has 24 heavy (non-hydrogen) atoms. The van der Waals surface area contributed by atoms with Crippen LogP contribution in [0.25, 0.3) is 0 Å². The van der Waals surface area contributed by atoms with E-state index < -0.39 is 11.5 Å². The molecule has 2 N–H and O–H groups in total. The highest BCUT2D eigenvalue weighted by atomic mass is 32.2. The molecule has 1 amide bonds. The Morgan fingerprint density at radius 1 is 1.29 bits per heavy atom. The minimum absolute atomic E-state index is 0.103. The van der Waals surface area contributed by atoms with Gasteiger partial charge in [0.2, 0.25) is 0 Å². The molecule has 0 spiro atoms. The second-order valence-electron chi connectivity index (χ2n) is 5.78. The third-order valence-electron chi connectivity index (χ3n) is 3.63. The van der Waals surface area contributed by atoms with E-state index in [0.717, 1.165) is 10.6 Å². The molecule has 5 nitrogen and oxygen atoms in total. The molecule has 0 aliphatic heterocycles. The van der Waals surface area contributed by atoms with E-state index >= 15 is 0 Å². The van der Waals surface area contributed by atoms with Crippen molar-refractivity contribution in [3.05, 3.63) is 58.5 Å². The maximum atomic E-state index is 12.4. The maximum Gasteiger partial charge on any atom is 0.257 e. The molecule has 6 heteroatoms. The number of benzene rings is 1. The fraction of sp³-hybridized carbons (Fsp3) is 0.333. The summed E-state index contributed by atoms with van der Waals surface area (Å²) in [5.74, 6) is 0.391. The standard InChI is InChI=1S/C18H22N2O3S/c1-4-24-15-9-6-8-14(11-15)19-17(22)18(3,23)12-20-13(2)7-5-10-16(20)21/h5-11,23H,4,12H2,1-3H3,(H,19,22)/t18-/m1/s1. The quantitative estimate of drug-likeness (QED) is 0.789. The molecular formula is C18H22N2O3S. The summed E-state index contributed by atoms with van der Waals surface area (Å²) in [7, 11) is 0. The van der Waals surface area contributed by atoms with Crippen LogP contribution in [0, 0.1) is 6.92 Å². The van der Waals surface area contributed by atoms with E-state index in [-0.39, 0.29) is 12.1 Å². The lowest BCUT2D eigenvalue weighted by molar-refractivity contribution is -0.133. The van der Waals surface area contributed by atoms with Crippen LogP contribution in [0.2, 0.25) is 0 Å². The van der Waals surface area contributed by atoms with E-state index in [9.17, 15) is 14.7 Å². The highest BCUT2D eigenvalue weighted by Gasteiger charge is 2.31. The van der Waals surface area contributed by atoms with Gasteiger partial charge in [0, 0.05) is 22.3 Å². The Labute approximate surface area is 145 Å². The molecule has 0 radical (unpaired) electrons. The van der Waals surface area contributed by atoms with Crippen molar-refractivity contribution in [3.63, 3.8) is 0 Å². The third-order valence-corrected chi connectivity index (χ3v) is 4.50. The molecule has 1 aromatic carbocycles. The zero-order valence-electron chi connectivity index (χ0n) is 14.1. The number of aryl methyl sites for hydroxylation is 1. The Balaban J connectivity index is 2.16. The number of hydrogen-bond donors (Lipinski definition) is 2. The molecule has 0 saturated heterocycles. The average molecular weight is 346 g/mol. The second kappa shape index (κ2) is 7.68. The summed E-state index contributed by atoms with van der Waals surface area (Å²) in [6, 6.07) is 12.3. The van der Waals surface area contributed by atoms with Gasteiger partial charge in [-0.05, 0) is 43.9 Å². The number of nitrogens with zero attached hydrogens (tertiary/aromatic N) is 1. The van der Waals surface area contributed by atoms with Crippen LogP contribution in [0.5, 0.6) is 0 Å². The number of rotatable bonds is 6. The van der Waals surface area contributed by atoms with Gasteiger partial charge in [-0.1, -0.05) is 19.1 Å². The molecule has 0 aliphatic carbocycles. The number of anilines is 1. The second-order valence-corrected chi connectivity index (χ2v) is 7.12. The number of hydrogen-bond acceptors (Lipinski definition) is 4. The molecule has 0 bridgehead atoms. The van der Waals surface area contributed by atoms with Gasteiger partial charge in [-0.15, -0.1) is 11.8 Å². The van der Waals surface area contributed by atoms with E-state index in [4.69, 9.17) is 0 Å². The molecule has 1 atom stereocenters. The van der Waals surface area contributed by atoms with Crippen LogP contribution in [-0.4, -0.2) is 26.9 Å². The average Bonchev–Trinajstić information content (AvgIpc) is 2.52. The molecular weight excluding hydrogens is 324 g/mol. The van der Waals surface area contributed by atoms with E-state index in [1.54, 1.807) is 36.9 Å². The first kappa shape index (κ1) is 18.3. The number of thioether (sulfide) groups is 1. The number of carbonyl (C=O) groups excluding carboxylic acids is 1. The molecule has 0 saturated carbocycles. The minimum Gasteiger partial charge on any atom is -0.378 e. The van der Waals surface area contributed by atoms with Crippen LogP contribution in [0.15, 0.2) is 52.2 Å². The fourth-order valence-corrected chi connectivity index (χ4v) is 3.02. The summed E-state index contributed by atoms with van der Waals surface area (Å²) in [5, 5.41) is 13.3. The highest BCUT2D eigenvalue weighted by molar-refractivity contribution is 7.99. The molecule has 0 fully saturated rings. The van der Waals surface area contributed by atoms with Crippen LogP contribution >= 0.6 is 11.8 Å². The first-order valence-corrected chi connectivity index (χ1v) is 8.75. The minimum atomic E-state index is -1.70. The topological polar surface area (TPSA) is 71.3 Å². The molecule has 0 aliphatic rings. The zero-order chi connectivity index (χ0) is 17.7. The predicted octanol–water partition coefficient (Wildman–Crippen LogP) is 2.66. The number of nitrogens with one attached hydrogen (secondary N) is 1. The summed E-state index contributed by atoms with van der Waals surface area (Å²) >= 11 is 1.67. The van der Waals surface area contributed by atoms with Crippen molar-refractivity contribution in [1.29, 1.82) is 0 Å². The SMILES string of the molecule is CCSc1cccc(NC(=O)[C@](C)(O)Cn2c(C)cccc2=O)c1. The lowest BCUT2D eigenvalue weighted by Crippen LogP contribution is -2.46. The summed E-state index contributed by atoms with van der Waals surface area (Å²) in [5.41, 5.74) is -0.638. The van der Waals surface area contributed by atoms with Gasteiger partial charge in [0.1, 0.15) is 0 Å². The first-order chi connectivity index (χ1) is 11.3. The van der Waals surface area contributed by atoms with Gasteiger partial charge in [-0.3, -0.25) is 9.59 Å². The normalized spacial score (nSPS) is 13.3. The Bertz CT molecular complexity index is 784. The lowest BCUT2D eigenvalue weighted by Gasteiger charge is -2.24. The summed E-state index contributed by atoms with van der Waals surface area (Å²) in [6.07, 6.45) is 0. The zero-order valence-corrected chi connectivity index (χ0v) is 14.9. The fourth-order valence-electron chi connectivity index (χ4n) is 2.30. The van der Waals surface area contributed by atoms with Crippen LogP contribution in [0.4, 0.5) is 5.69 Å². The van der Waals surface area contributed by atoms with E-state index in [1.807, 2.05) is 18.2 Å². The number of amides is 1. The molecule has 128 valence electrons. The van der Waals surface area contributed by atoms with Crippen molar-refractivity contribution in [3.8, 4) is 0 Å². The lowest BCUT2D eigenvalue weighted by atomic mass is 10.1. The van der Waals surface area contributed by atoms with E-state index in [2.05, 4.69) is 12.2 Å². The number of carbonyl (C=O) groups is 1. The van der Waals surface area contributed by atoms with Gasteiger partial charge in [0.05, 0.1) is 6.54 Å². The molecule has 2 aromatic rings. The Morgan fingerprint density at radius 2 is 2.00 bits per heavy atom. The van der Waals surface area contributed by atoms with Crippen molar-refractivity contribution >= 4 is 23.4 Å². The van der Waals surface area contributed by atoms with Gasteiger partial charge in [-0.25, -0.2) is 0 Å². The van der Waals surface area contributed by atoms with E-state index in [1.165, 1.54) is 17.6 Å². The molecule has 1 aromatic heterocycles. The van der Waals surface area contributed by atoms with Crippen LogP contribution in [0.3, 0.4) is 0 Å². The van der Waals surface area contributed by atoms with Gasteiger partial charge < -0.3 is 15.0 Å². The maximum absolute atomic E-state index is 12.4. The van der Waals surface area contributed by atoms with Gasteiger partial charge in [0.25, 0.3) is 11.5 Å². The van der Waals surface area contributed by atoms with Crippen LogP contribution < -0.4 is 10.9 Å². The first-order valence-electron chi connectivity index (χ1n) is 7.76. The highest BCUT2D eigenvalue weighted by Crippen LogP contribution is 2.22. The molecule has 2 rings (SSSR count). The van der Waals surface area contributed by atoms with E-state index in [0.29, 0.717) is 11.4 Å². The predicted molar refractivity (Wildman–Crippen MR) is 97.5 cm³/mol. The summed E-state index contributed by atoms with van der Waals surface area (Å²) in [6.45, 7) is 5.13. The Kier molecular flexibility index (Phi) is 5.85. The van der Waals surface area contributed by atoms with Gasteiger partial charge in [-0.2, -0.15) is 0 Å². The number of aliphatic hydroxyl groups is 1. The monoisotopic (exact) mass is 346 g/mol. The largest absolute Gasteiger partial charge is 0.378 e.